The Bertz CT molecular complexity index is 1530. The second-order valence-electron chi connectivity index (χ2n) is 8.65. The summed E-state index contributed by atoms with van der Waals surface area (Å²) < 4.78 is 9.89. The molecule has 0 spiro atoms. The van der Waals surface area contributed by atoms with Gasteiger partial charge in [0.2, 0.25) is 0 Å². The third-order valence-corrected chi connectivity index (χ3v) is 6.19. The predicted molar refractivity (Wildman–Crippen MR) is 137 cm³/mol. The van der Waals surface area contributed by atoms with Gasteiger partial charge in [-0.05, 0) is 55.3 Å². The highest BCUT2D eigenvalue weighted by molar-refractivity contribution is 5.96. The number of fused-ring (bicyclic) bond motifs is 2. The average Bonchev–Trinajstić information content (AvgIpc) is 3.21. The van der Waals surface area contributed by atoms with Gasteiger partial charge >= 0.3 is 0 Å². The molecule has 2 heterocycles. The van der Waals surface area contributed by atoms with Crippen LogP contribution >= 0.6 is 0 Å². The summed E-state index contributed by atoms with van der Waals surface area (Å²) in [5, 5.41) is 0.973. The lowest BCUT2D eigenvalue weighted by molar-refractivity contribution is 0.306. The standard InChI is InChI=1S/C28H28N4O2/c1-19-9-12-25-24(15-19)30-27(28(33)31(25)2)23-17-32(14-6-13-29)26-16-21(10-11-22(23)26)34-18-20-7-4-3-5-8-20/h3-5,7-12,15-17H,6,13-14,18,29H2,1-2H3. The summed E-state index contributed by atoms with van der Waals surface area (Å²) in [6.45, 7) is 3.87. The number of nitrogens with zero attached hydrogens (tertiary/aromatic N) is 3. The van der Waals surface area contributed by atoms with Crippen molar-refractivity contribution in [3.63, 3.8) is 0 Å². The Kier molecular flexibility index (Phi) is 5.90. The van der Waals surface area contributed by atoms with Gasteiger partial charge in [0.1, 0.15) is 18.1 Å². The minimum Gasteiger partial charge on any atom is -0.489 e. The molecule has 0 aliphatic rings. The Hall–Kier alpha value is -3.90. The number of hydrogen-bond acceptors (Lipinski definition) is 4. The molecular formula is C28H28N4O2. The van der Waals surface area contributed by atoms with Crippen LogP contribution in [0.3, 0.4) is 0 Å². The van der Waals surface area contributed by atoms with Crippen molar-refractivity contribution in [1.29, 1.82) is 0 Å². The molecule has 0 amide bonds. The first-order valence-corrected chi connectivity index (χ1v) is 11.5. The van der Waals surface area contributed by atoms with Gasteiger partial charge in [-0.15, -0.1) is 0 Å². The first-order chi connectivity index (χ1) is 16.5. The molecule has 0 aliphatic carbocycles. The van der Waals surface area contributed by atoms with Crippen LogP contribution in [-0.4, -0.2) is 20.7 Å². The molecule has 5 aromatic rings. The number of ether oxygens (including phenoxy) is 1. The molecule has 3 aromatic carbocycles. The molecule has 6 nitrogen and oxygen atoms in total. The Balaban J connectivity index is 1.61. The zero-order valence-electron chi connectivity index (χ0n) is 19.5. The van der Waals surface area contributed by atoms with Crippen LogP contribution in [0.1, 0.15) is 17.5 Å². The molecule has 5 rings (SSSR count). The highest BCUT2D eigenvalue weighted by Gasteiger charge is 2.17. The topological polar surface area (TPSA) is 75.1 Å². The van der Waals surface area contributed by atoms with Gasteiger partial charge in [-0.25, -0.2) is 4.98 Å². The molecule has 2 aromatic heterocycles. The molecular weight excluding hydrogens is 424 g/mol. The molecule has 0 radical (unpaired) electrons. The lowest BCUT2D eigenvalue weighted by atomic mass is 10.1. The van der Waals surface area contributed by atoms with E-state index in [2.05, 4.69) is 4.57 Å². The van der Waals surface area contributed by atoms with E-state index in [1.54, 1.807) is 11.6 Å². The number of aryl methyl sites for hydroxylation is 3. The van der Waals surface area contributed by atoms with E-state index in [0.29, 0.717) is 18.8 Å². The quantitative estimate of drug-likeness (QED) is 0.385. The molecule has 0 aliphatic heterocycles. The summed E-state index contributed by atoms with van der Waals surface area (Å²) in [7, 11) is 1.80. The number of benzene rings is 3. The van der Waals surface area contributed by atoms with Crippen LogP contribution in [0.25, 0.3) is 33.2 Å². The highest BCUT2D eigenvalue weighted by Crippen LogP contribution is 2.32. The van der Waals surface area contributed by atoms with Crippen molar-refractivity contribution in [3.8, 4) is 17.0 Å². The SMILES string of the molecule is Cc1ccc2c(c1)nc(-c1cn(CCCN)c3cc(OCc4ccccc4)ccc13)c(=O)n2C. The van der Waals surface area contributed by atoms with Crippen molar-refractivity contribution in [2.45, 2.75) is 26.5 Å². The Morgan fingerprint density at radius 1 is 1.00 bits per heavy atom. The Morgan fingerprint density at radius 2 is 1.82 bits per heavy atom. The van der Waals surface area contributed by atoms with E-state index in [1.165, 1.54) is 0 Å². The summed E-state index contributed by atoms with van der Waals surface area (Å²) in [4.78, 5) is 18.1. The van der Waals surface area contributed by atoms with E-state index < -0.39 is 0 Å². The number of hydrogen-bond donors (Lipinski definition) is 1. The zero-order valence-corrected chi connectivity index (χ0v) is 19.5. The molecule has 0 bridgehead atoms. The molecule has 0 saturated heterocycles. The van der Waals surface area contributed by atoms with Gasteiger partial charge in [-0.1, -0.05) is 36.4 Å². The summed E-state index contributed by atoms with van der Waals surface area (Å²) in [5.41, 5.74) is 11.8. The van der Waals surface area contributed by atoms with E-state index in [1.807, 2.05) is 79.9 Å². The number of aromatic nitrogens is 3. The van der Waals surface area contributed by atoms with Crippen LogP contribution in [0.4, 0.5) is 0 Å². The van der Waals surface area contributed by atoms with Gasteiger partial charge in [0, 0.05) is 36.8 Å². The van der Waals surface area contributed by atoms with Crippen LogP contribution < -0.4 is 16.0 Å². The van der Waals surface area contributed by atoms with Crippen LogP contribution in [0.5, 0.6) is 5.75 Å². The summed E-state index contributed by atoms with van der Waals surface area (Å²) in [5.74, 6) is 0.782. The van der Waals surface area contributed by atoms with Crippen molar-refractivity contribution in [1.82, 2.24) is 14.1 Å². The lowest BCUT2D eigenvalue weighted by Gasteiger charge is -2.09. The van der Waals surface area contributed by atoms with Crippen LogP contribution in [0.15, 0.2) is 77.7 Å². The molecule has 6 heteroatoms. The first-order valence-electron chi connectivity index (χ1n) is 11.5. The largest absolute Gasteiger partial charge is 0.489 e. The van der Waals surface area contributed by atoms with Gasteiger partial charge < -0.3 is 19.6 Å². The van der Waals surface area contributed by atoms with E-state index in [0.717, 1.165) is 57.3 Å². The molecule has 34 heavy (non-hydrogen) atoms. The maximum Gasteiger partial charge on any atom is 0.277 e. The van der Waals surface area contributed by atoms with Crippen molar-refractivity contribution in [2.24, 2.45) is 12.8 Å². The minimum absolute atomic E-state index is 0.112. The maximum absolute atomic E-state index is 13.3. The third-order valence-electron chi connectivity index (χ3n) is 6.19. The molecule has 0 atom stereocenters. The minimum atomic E-state index is -0.112. The maximum atomic E-state index is 13.3. The van der Waals surface area contributed by atoms with E-state index >= 15 is 0 Å². The molecule has 0 unspecified atom stereocenters. The van der Waals surface area contributed by atoms with E-state index in [-0.39, 0.29) is 5.56 Å². The predicted octanol–water partition coefficient (Wildman–Crippen LogP) is 4.79. The van der Waals surface area contributed by atoms with Crippen molar-refractivity contribution < 1.29 is 4.74 Å². The number of nitrogens with two attached hydrogens (primary N) is 1. The first kappa shape index (κ1) is 21.9. The second-order valence-corrected chi connectivity index (χ2v) is 8.65. The monoisotopic (exact) mass is 452 g/mol. The van der Waals surface area contributed by atoms with Crippen LogP contribution in [0.2, 0.25) is 0 Å². The summed E-state index contributed by atoms with van der Waals surface area (Å²) >= 11 is 0. The van der Waals surface area contributed by atoms with E-state index in [4.69, 9.17) is 15.5 Å². The summed E-state index contributed by atoms with van der Waals surface area (Å²) in [6.07, 6.45) is 2.85. The lowest BCUT2D eigenvalue weighted by Crippen LogP contribution is -2.20. The van der Waals surface area contributed by atoms with Gasteiger partial charge in [-0.2, -0.15) is 0 Å². The normalized spacial score (nSPS) is 11.4. The van der Waals surface area contributed by atoms with Crippen molar-refractivity contribution >= 4 is 21.9 Å². The Labute approximate surface area is 198 Å². The zero-order chi connectivity index (χ0) is 23.7. The molecule has 0 saturated carbocycles. The van der Waals surface area contributed by atoms with Gasteiger partial charge in [-0.3, -0.25) is 4.79 Å². The third kappa shape index (κ3) is 4.08. The second kappa shape index (κ2) is 9.15. The fourth-order valence-electron chi connectivity index (χ4n) is 4.36. The van der Waals surface area contributed by atoms with Gasteiger partial charge in [0.05, 0.1) is 16.6 Å². The fourth-order valence-corrected chi connectivity index (χ4v) is 4.36. The van der Waals surface area contributed by atoms with Crippen molar-refractivity contribution in [3.05, 3.63) is 94.4 Å². The Morgan fingerprint density at radius 3 is 2.62 bits per heavy atom. The summed E-state index contributed by atoms with van der Waals surface area (Å²) in [6, 6.07) is 22.1. The van der Waals surface area contributed by atoms with Crippen LogP contribution in [-0.2, 0) is 20.2 Å². The van der Waals surface area contributed by atoms with Gasteiger partial charge in [0.25, 0.3) is 5.56 Å². The van der Waals surface area contributed by atoms with Gasteiger partial charge in [0.15, 0.2) is 0 Å². The fraction of sp³-hybridized carbons (Fsp3) is 0.214. The average molecular weight is 453 g/mol. The smallest absolute Gasteiger partial charge is 0.277 e. The molecule has 0 fully saturated rings. The molecule has 2 N–H and O–H groups in total. The van der Waals surface area contributed by atoms with Crippen molar-refractivity contribution in [2.75, 3.05) is 6.54 Å². The molecule has 172 valence electrons. The number of rotatable bonds is 7. The van der Waals surface area contributed by atoms with E-state index in [9.17, 15) is 4.79 Å². The highest BCUT2D eigenvalue weighted by atomic mass is 16.5. The van der Waals surface area contributed by atoms with Crippen LogP contribution in [0, 0.1) is 6.92 Å².